The van der Waals surface area contributed by atoms with Crippen LogP contribution in [0, 0.1) is 0 Å². The van der Waals surface area contributed by atoms with Crippen LogP contribution in [0.15, 0.2) is 30.6 Å². The van der Waals surface area contributed by atoms with Gasteiger partial charge in [0, 0.05) is 30.2 Å². The summed E-state index contributed by atoms with van der Waals surface area (Å²) in [6, 6.07) is 7.97. The maximum Gasteiger partial charge on any atom is 0.130 e. The van der Waals surface area contributed by atoms with Crippen molar-refractivity contribution in [1.82, 2.24) is 14.9 Å². The molecular weight excluding hydrogens is 260 g/mol. The van der Waals surface area contributed by atoms with E-state index in [9.17, 15) is 0 Å². The smallest absolute Gasteiger partial charge is 0.130 e. The Morgan fingerprint density at radius 1 is 1.32 bits per heavy atom. The molecule has 0 atom stereocenters. The first-order chi connectivity index (χ1) is 9.22. The number of nitrogen functional groups attached to an aromatic ring is 1. The summed E-state index contributed by atoms with van der Waals surface area (Å²) in [5.41, 5.74) is 9.24. The SMILES string of the molecule is Nc1ncnc2c1CCN(Cc1cccc(Cl)c1)C2. The lowest BCUT2D eigenvalue weighted by Crippen LogP contribution is -2.31. The van der Waals surface area contributed by atoms with E-state index in [1.165, 1.54) is 11.9 Å². The summed E-state index contributed by atoms with van der Waals surface area (Å²) in [5, 5.41) is 0.779. The molecule has 0 saturated heterocycles. The van der Waals surface area contributed by atoms with Crippen molar-refractivity contribution in [2.24, 2.45) is 0 Å². The molecule has 0 amide bonds. The number of nitrogens with two attached hydrogens (primary N) is 1. The van der Waals surface area contributed by atoms with Crippen LogP contribution in [0.5, 0.6) is 0 Å². The van der Waals surface area contributed by atoms with Crippen LogP contribution in [0.4, 0.5) is 5.82 Å². The van der Waals surface area contributed by atoms with Crippen LogP contribution in [0.1, 0.15) is 16.8 Å². The molecule has 0 radical (unpaired) electrons. The Hall–Kier alpha value is -1.65. The van der Waals surface area contributed by atoms with Gasteiger partial charge in [-0.1, -0.05) is 23.7 Å². The van der Waals surface area contributed by atoms with E-state index in [-0.39, 0.29) is 0 Å². The highest BCUT2D eigenvalue weighted by atomic mass is 35.5. The number of benzene rings is 1. The number of rotatable bonds is 2. The van der Waals surface area contributed by atoms with Crippen LogP contribution in [-0.2, 0) is 19.5 Å². The first-order valence-electron chi connectivity index (χ1n) is 6.27. The lowest BCUT2D eigenvalue weighted by atomic mass is 10.0. The zero-order valence-electron chi connectivity index (χ0n) is 10.5. The molecule has 0 fully saturated rings. The van der Waals surface area contributed by atoms with Crippen LogP contribution < -0.4 is 5.73 Å². The first kappa shape index (κ1) is 12.4. The van der Waals surface area contributed by atoms with Gasteiger partial charge in [-0.05, 0) is 24.1 Å². The quantitative estimate of drug-likeness (QED) is 0.913. The Morgan fingerprint density at radius 3 is 3.05 bits per heavy atom. The highest BCUT2D eigenvalue weighted by molar-refractivity contribution is 6.30. The number of hydrogen-bond acceptors (Lipinski definition) is 4. The van der Waals surface area contributed by atoms with Gasteiger partial charge in [-0.15, -0.1) is 0 Å². The van der Waals surface area contributed by atoms with Crippen molar-refractivity contribution in [3.05, 3.63) is 52.4 Å². The average Bonchev–Trinajstić information content (AvgIpc) is 2.39. The molecule has 0 unspecified atom stereocenters. The van der Waals surface area contributed by atoms with Gasteiger partial charge in [-0.3, -0.25) is 4.90 Å². The average molecular weight is 275 g/mol. The molecule has 3 rings (SSSR count). The van der Waals surface area contributed by atoms with E-state index >= 15 is 0 Å². The van der Waals surface area contributed by atoms with Gasteiger partial charge < -0.3 is 5.73 Å². The molecule has 1 aliphatic heterocycles. The van der Waals surface area contributed by atoms with Gasteiger partial charge in [-0.2, -0.15) is 0 Å². The minimum Gasteiger partial charge on any atom is -0.383 e. The standard InChI is InChI=1S/C14H15ClN4/c15-11-3-1-2-10(6-11)7-19-5-4-12-13(8-19)17-9-18-14(12)16/h1-3,6,9H,4-5,7-8H2,(H2,16,17,18). The van der Waals surface area contributed by atoms with Crippen molar-refractivity contribution >= 4 is 17.4 Å². The molecule has 98 valence electrons. The molecule has 0 bridgehead atoms. The number of aromatic nitrogens is 2. The first-order valence-corrected chi connectivity index (χ1v) is 6.65. The monoisotopic (exact) mass is 274 g/mol. The van der Waals surface area contributed by atoms with Crippen LogP contribution >= 0.6 is 11.6 Å². The summed E-state index contributed by atoms with van der Waals surface area (Å²) < 4.78 is 0. The molecule has 0 aliphatic carbocycles. The molecule has 0 saturated carbocycles. The van der Waals surface area contributed by atoms with Gasteiger partial charge in [0.25, 0.3) is 0 Å². The molecule has 5 heteroatoms. The van der Waals surface area contributed by atoms with Gasteiger partial charge in [0.05, 0.1) is 5.69 Å². The molecule has 2 aromatic rings. The number of halogens is 1. The molecule has 2 heterocycles. The van der Waals surface area contributed by atoms with Crippen molar-refractivity contribution < 1.29 is 0 Å². The summed E-state index contributed by atoms with van der Waals surface area (Å²) in [6.07, 6.45) is 2.44. The molecule has 2 N–H and O–H groups in total. The number of fused-ring (bicyclic) bond motifs is 1. The molecular formula is C14H15ClN4. The fourth-order valence-corrected chi connectivity index (χ4v) is 2.68. The van der Waals surface area contributed by atoms with Crippen LogP contribution in [-0.4, -0.2) is 21.4 Å². The van der Waals surface area contributed by atoms with E-state index < -0.39 is 0 Å². The number of anilines is 1. The summed E-state index contributed by atoms with van der Waals surface area (Å²) in [7, 11) is 0. The minimum absolute atomic E-state index is 0.618. The van der Waals surface area contributed by atoms with Gasteiger partial charge in [-0.25, -0.2) is 9.97 Å². The normalized spacial score (nSPS) is 15.2. The van der Waals surface area contributed by atoms with Crippen LogP contribution in [0.2, 0.25) is 5.02 Å². The Labute approximate surface area is 117 Å². The van der Waals surface area contributed by atoms with Gasteiger partial charge in [0.2, 0.25) is 0 Å². The third-order valence-electron chi connectivity index (χ3n) is 3.41. The fourth-order valence-electron chi connectivity index (χ4n) is 2.46. The van der Waals surface area contributed by atoms with E-state index in [0.717, 1.165) is 42.3 Å². The fraction of sp³-hybridized carbons (Fsp3) is 0.286. The van der Waals surface area contributed by atoms with Gasteiger partial charge in [0.1, 0.15) is 12.1 Å². The summed E-state index contributed by atoms with van der Waals surface area (Å²) in [6.45, 7) is 2.66. The van der Waals surface area contributed by atoms with Gasteiger partial charge >= 0.3 is 0 Å². The van der Waals surface area contributed by atoms with Crippen molar-refractivity contribution in [1.29, 1.82) is 0 Å². The Balaban J connectivity index is 1.76. The second kappa shape index (κ2) is 5.15. The highest BCUT2D eigenvalue weighted by Gasteiger charge is 2.19. The van der Waals surface area contributed by atoms with E-state index in [1.807, 2.05) is 18.2 Å². The second-order valence-corrected chi connectivity index (χ2v) is 5.21. The van der Waals surface area contributed by atoms with Crippen molar-refractivity contribution in [3.8, 4) is 0 Å². The lowest BCUT2D eigenvalue weighted by molar-refractivity contribution is 0.241. The molecule has 0 spiro atoms. The Kier molecular flexibility index (Phi) is 3.36. The molecule has 1 aromatic carbocycles. The van der Waals surface area contributed by atoms with Crippen LogP contribution in [0.25, 0.3) is 0 Å². The minimum atomic E-state index is 0.618. The van der Waals surface area contributed by atoms with E-state index in [1.54, 1.807) is 0 Å². The maximum atomic E-state index is 6.01. The Bertz CT molecular complexity index is 600. The Morgan fingerprint density at radius 2 is 2.21 bits per heavy atom. The predicted molar refractivity (Wildman–Crippen MR) is 75.7 cm³/mol. The molecule has 1 aliphatic rings. The zero-order chi connectivity index (χ0) is 13.2. The number of hydrogen-bond donors (Lipinski definition) is 1. The predicted octanol–water partition coefficient (Wildman–Crippen LogP) is 2.27. The molecule has 4 nitrogen and oxygen atoms in total. The largest absolute Gasteiger partial charge is 0.383 e. The van der Waals surface area contributed by atoms with Crippen molar-refractivity contribution in [2.45, 2.75) is 19.5 Å². The summed E-state index contributed by atoms with van der Waals surface area (Å²) in [5.74, 6) is 0.618. The summed E-state index contributed by atoms with van der Waals surface area (Å²) in [4.78, 5) is 10.7. The maximum absolute atomic E-state index is 6.01. The van der Waals surface area contributed by atoms with E-state index in [0.29, 0.717) is 5.82 Å². The molecule has 19 heavy (non-hydrogen) atoms. The zero-order valence-corrected chi connectivity index (χ0v) is 11.3. The third kappa shape index (κ3) is 2.69. The third-order valence-corrected chi connectivity index (χ3v) is 3.65. The number of nitrogens with zero attached hydrogens (tertiary/aromatic N) is 3. The summed E-state index contributed by atoms with van der Waals surface area (Å²) >= 11 is 6.01. The highest BCUT2D eigenvalue weighted by Crippen LogP contribution is 2.22. The van der Waals surface area contributed by atoms with E-state index in [2.05, 4.69) is 20.9 Å². The van der Waals surface area contributed by atoms with Crippen molar-refractivity contribution in [3.63, 3.8) is 0 Å². The lowest BCUT2D eigenvalue weighted by Gasteiger charge is -2.28. The second-order valence-electron chi connectivity index (χ2n) is 4.77. The van der Waals surface area contributed by atoms with E-state index in [4.69, 9.17) is 17.3 Å². The van der Waals surface area contributed by atoms with Gasteiger partial charge in [0.15, 0.2) is 0 Å². The van der Waals surface area contributed by atoms with Crippen molar-refractivity contribution in [2.75, 3.05) is 12.3 Å². The van der Waals surface area contributed by atoms with Crippen LogP contribution in [0.3, 0.4) is 0 Å². The molecule has 1 aromatic heterocycles. The topological polar surface area (TPSA) is 55.0 Å².